The molecule has 0 amide bonds. The van der Waals surface area contributed by atoms with Crippen LogP contribution in [0.4, 0.5) is 11.5 Å². The van der Waals surface area contributed by atoms with Gasteiger partial charge in [0.2, 0.25) is 0 Å². The molecule has 16 heavy (non-hydrogen) atoms. The lowest BCUT2D eigenvalue weighted by atomic mass is 10.1. The molecule has 2 N–H and O–H groups in total. The fourth-order valence-corrected chi connectivity index (χ4v) is 2.14. The topological polar surface area (TPSA) is 82.0 Å². The van der Waals surface area contributed by atoms with Crippen LogP contribution in [0, 0.1) is 17.0 Å². The molecule has 0 unspecified atom stereocenters. The number of aryl methyl sites for hydroxylation is 1. The summed E-state index contributed by atoms with van der Waals surface area (Å²) in [6.07, 6.45) is 0. The SMILES string of the molecule is Cc1sccc1-c1nc(N)ccc1[N+](=O)[O-]. The lowest BCUT2D eigenvalue weighted by Crippen LogP contribution is -1.98. The average Bonchev–Trinajstić information content (AvgIpc) is 2.63. The van der Waals surface area contributed by atoms with E-state index in [2.05, 4.69) is 4.98 Å². The summed E-state index contributed by atoms with van der Waals surface area (Å²) < 4.78 is 0. The minimum Gasteiger partial charge on any atom is -0.384 e. The number of anilines is 1. The Labute approximate surface area is 95.7 Å². The Hall–Kier alpha value is -1.95. The summed E-state index contributed by atoms with van der Waals surface area (Å²) in [6.45, 7) is 1.90. The highest BCUT2D eigenvalue weighted by Crippen LogP contribution is 2.33. The van der Waals surface area contributed by atoms with Gasteiger partial charge in [0.15, 0.2) is 5.69 Å². The van der Waals surface area contributed by atoms with Crippen molar-refractivity contribution in [1.29, 1.82) is 0 Å². The smallest absolute Gasteiger partial charge is 0.295 e. The van der Waals surface area contributed by atoms with Crippen LogP contribution in [0.2, 0.25) is 0 Å². The van der Waals surface area contributed by atoms with E-state index in [4.69, 9.17) is 5.73 Å². The summed E-state index contributed by atoms with van der Waals surface area (Å²) in [5.74, 6) is 0.284. The maximum atomic E-state index is 10.9. The molecule has 2 heterocycles. The standard InChI is InChI=1S/C10H9N3O2S/c1-6-7(4-5-16-6)10-8(13(14)15)2-3-9(11)12-10/h2-5H,1H3,(H2,11,12). The van der Waals surface area contributed by atoms with E-state index >= 15 is 0 Å². The molecular formula is C10H9N3O2S. The van der Waals surface area contributed by atoms with E-state index in [1.807, 2.05) is 18.4 Å². The van der Waals surface area contributed by atoms with Crippen molar-refractivity contribution in [3.8, 4) is 11.3 Å². The van der Waals surface area contributed by atoms with Crippen LogP contribution in [0.3, 0.4) is 0 Å². The van der Waals surface area contributed by atoms with Crippen molar-refractivity contribution in [2.75, 3.05) is 5.73 Å². The van der Waals surface area contributed by atoms with Crippen molar-refractivity contribution in [3.63, 3.8) is 0 Å². The molecular weight excluding hydrogens is 226 g/mol. The Morgan fingerprint density at radius 1 is 1.44 bits per heavy atom. The molecule has 0 saturated carbocycles. The highest BCUT2D eigenvalue weighted by atomic mass is 32.1. The Morgan fingerprint density at radius 2 is 2.19 bits per heavy atom. The third kappa shape index (κ3) is 1.74. The van der Waals surface area contributed by atoms with Gasteiger partial charge in [-0.25, -0.2) is 4.98 Å². The van der Waals surface area contributed by atoms with E-state index in [0.717, 1.165) is 10.4 Å². The van der Waals surface area contributed by atoms with Crippen LogP contribution in [-0.2, 0) is 0 Å². The van der Waals surface area contributed by atoms with Crippen molar-refractivity contribution in [2.45, 2.75) is 6.92 Å². The minimum atomic E-state index is -0.446. The van der Waals surface area contributed by atoms with Gasteiger partial charge in [-0.1, -0.05) is 0 Å². The van der Waals surface area contributed by atoms with Gasteiger partial charge >= 0.3 is 0 Å². The molecule has 0 saturated heterocycles. The number of rotatable bonds is 2. The van der Waals surface area contributed by atoms with Crippen LogP contribution >= 0.6 is 11.3 Å². The van der Waals surface area contributed by atoms with Gasteiger partial charge < -0.3 is 5.73 Å². The van der Waals surface area contributed by atoms with Gasteiger partial charge in [0.1, 0.15) is 5.82 Å². The largest absolute Gasteiger partial charge is 0.384 e. The molecule has 0 aliphatic heterocycles. The summed E-state index contributed by atoms with van der Waals surface area (Å²) in [4.78, 5) is 15.4. The van der Waals surface area contributed by atoms with Gasteiger partial charge in [0, 0.05) is 16.5 Å². The molecule has 0 atom stereocenters. The zero-order valence-corrected chi connectivity index (χ0v) is 9.32. The molecule has 2 aromatic rings. The third-order valence-electron chi connectivity index (χ3n) is 2.21. The Morgan fingerprint density at radius 3 is 2.75 bits per heavy atom. The predicted molar refractivity (Wildman–Crippen MR) is 63.4 cm³/mol. The fourth-order valence-electron chi connectivity index (χ4n) is 1.44. The molecule has 82 valence electrons. The van der Waals surface area contributed by atoms with Gasteiger partial charge in [0.05, 0.1) is 4.92 Å². The van der Waals surface area contributed by atoms with Crippen molar-refractivity contribution in [2.24, 2.45) is 0 Å². The van der Waals surface area contributed by atoms with Crippen LogP contribution in [0.1, 0.15) is 4.88 Å². The van der Waals surface area contributed by atoms with Crippen LogP contribution < -0.4 is 5.73 Å². The highest BCUT2D eigenvalue weighted by Gasteiger charge is 2.19. The molecule has 0 aliphatic rings. The number of pyridine rings is 1. The Bertz CT molecular complexity index is 551. The van der Waals surface area contributed by atoms with Gasteiger partial charge in [0.25, 0.3) is 5.69 Å². The first kappa shape index (κ1) is 10.6. The molecule has 0 radical (unpaired) electrons. The van der Waals surface area contributed by atoms with Gasteiger partial charge in [-0.15, -0.1) is 11.3 Å². The average molecular weight is 235 g/mol. The number of aromatic nitrogens is 1. The number of nitro groups is 1. The first-order valence-corrected chi connectivity index (χ1v) is 5.43. The number of nitrogens with zero attached hydrogens (tertiary/aromatic N) is 2. The number of nitrogen functional groups attached to an aromatic ring is 1. The Kier molecular flexibility index (Phi) is 2.57. The molecule has 2 rings (SSSR count). The van der Waals surface area contributed by atoms with Crippen molar-refractivity contribution in [3.05, 3.63) is 38.6 Å². The maximum absolute atomic E-state index is 10.9. The van der Waals surface area contributed by atoms with E-state index in [0.29, 0.717) is 5.69 Å². The van der Waals surface area contributed by atoms with Crippen LogP contribution in [0.15, 0.2) is 23.6 Å². The molecule has 0 aromatic carbocycles. The maximum Gasteiger partial charge on any atom is 0.295 e. The lowest BCUT2D eigenvalue weighted by molar-refractivity contribution is -0.384. The summed E-state index contributed by atoms with van der Waals surface area (Å²) in [7, 11) is 0. The van der Waals surface area contributed by atoms with E-state index in [1.54, 1.807) is 0 Å². The van der Waals surface area contributed by atoms with Gasteiger partial charge in [-0.05, 0) is 24.4 Å². The number of hydrogen-bond donors (Lipinski definition) is 1. The van der Waals surface area contributed by atoms with Crippen LogP contribution in [0.5, 0.6) is 0 Å². The van der Waals surface area contributed by atoms with E-state index in [9.17, 15) is 10.1 Å². The lowest BCUT2D eigenvalue weighted by Gasteiger charge is -2.02. The second-order valence-electron chi connectivity index (χ2n) is 3.25. The first-order valence-electron chi connectivity index (χ1n) is 4.55. The van der Waals surface area contributed by atoms with Crippen molar-refractivity contribution >= 4 is 22.8 Å². The summed E-state index contributed by atoms with van der Waals surface area (Å²) in [5.41, 5.74) is 6.64. The van der Waals surface area contributed by atoms with E-state index < -0.39 is 4.92 Å². The number of nitrogens with two attached hydrogens (primary N) is 1. The van der Waals surface area contributed by atoms with Crippen LogP contribution in [0.25, 0.3) is 11.3 Å². The quantitative estimate of drug-likeness (QED) is 0.640. The predicted octanol–water partition coefficient (Wildman–Crippen LogP) is 2.61. The monoisotopic (exact) mass is 235 g/mol. The second-order valence-corrected chi connectivity index (χ2v) is 4.37. The fraction of sp³-hybridized carbons (Fsp3) is 0.100. The van der Waals surface area contributed by atoms with E-state index in [-0.39, 0.29) is 11.5 Å². The van der Waals surface area contributed by atoms with Crippen molar-refractivity contribution in [1.82, 2.24) is 4.98 Å². The summed E-state index contributed by atoms with van der Waals surface area (Å²) in [5, 5.41) is 12.7. The molecule has 0 spiro atoms. The van der Waals surface area contributed by atoms with Crippen molar-refractivity contribution < 1.29 is 4.92 Å². The molecule has 0 aliphatic carbocycles. The zero-order valence-electron chi connectivity index (χ0n) is 8.51. The first-order chi connectivity index (χ1) is 7.59. The number of thiophene rings is 1. The van der Waals surface area contributed by atoms with E-state index in [1.165, 1.54) is 23.5 Å². The highest BCUT2D eigenvalue weighted by molar-refractivity contribution is 7.10. The molecule has 0 fully saturated rings. The molecule has 2 aromatic heterocycles. The second kappa shape index (κ2) is 3.90. The minimum absolute atomic E-state index is 0.0179. The van der Waals surface area contributed by atoms with Crippen LogP contribution in [-0.4, -0.2) is 9.91 Å². The van der Waals surface area contributed by atoms with Gasteiger partial charge in [-0.3, -0.25) is 10.1 Å². The normalized spacial score (nSPS) is 10.3. The summed E-state index contributed by atoms with van der Waals surface area (Å²) in [6, 6.07) is 4.63. The molecule has 0 bridgehead atoms. The Balaban J connectivity index is 2.67. The molecule has 6 heteroatoms. The van der Waals surface area contributed by atoms with Gasteiger partial charge in [-0.2, -0.15) is 0 Å². The number of hydrogen-bond acceptors (Lipinski definition) is 5. The molecule has 5 nitrogen and oxygen atoms in total. The summed E-state index contributed by atoms with van der Waals surface area (Å²) >= 11 is 1.52. The zero-order chi connectivity index (χ0) is 11.7. The third-order valence-corrected chi connectivity index (χ3v) is 3.05.